The average molecular weight is 258 g/mol. The number of allylic oxidation sites excluding steroid dienone is 6. The molecule has 0 spiro atoms. The molecule has 0 fully saturated rings. The van der Waals surface area contributed by atoms with E-state index < -0.39 is 0 Å². The summed E-state index contributed by atoms with van der Waals surface area (Å²) in [6, 6.07) is 0. The maximum atomic E-state index is 11.3. The third kappa shape index (κ3) is 6.99. The minimum Gasteiger partial charge on any atom is -0.359 e. The number of carbonyl (C=O) groups is 1. The molecular formula is C16H22N2O. The van der Waals surface area contributed by atoms with Gasteiger partial charge in [-0.25, -0.2) is 0 Å². The zero-order valence-electron chi connectivity index (χ0n) is 12.2. The zero-order valence-corrected chi connectivity index (χ0v) is 12.2. The minimum atomic E-state index is 0.0718. The van der Waals surface area contributed by atoms with Crippen LogP contribution in [0.5, 0.6) is 0 Å². The van der Waals surface area contributed by atoms with Crippen molar-refractivity contribution in [2.75, 3.05) is 0 Å². The van der Waals surface area contributed by atoms with E-state index in [9.17, 15) is 4.79 Å². The molecule has 0 aliphatic heterocycles. The molecule has 0 saturated heterocycles. The summed E-state index contributed by atoms with van der Waals surface area (Å²) < 4.78 is 0. The van der Waals surface area contributed by atoms with Crippen molar-refractivity contribution in [3.05, 3.63) is 60.1 Å². The number of aliphatic imine (C=N–C) groups is 1. The Morgan fingerprint density at radius 2 is 1.79 bits per heavy atom. The number of Topliss-reactive ketones (excluding diaryl/α,β-unsaturated/α-hetero) is 1. The van der Waals surface area contributed by atoms with Crippen molar-refractivity contribution < 1.29 is 4.79 Å². The van der Waals surface area contributed by atoms with Gasteiger partial charge in [0, 0.05) is 23.8 Å². The van der Waals surface area contributed by atoms with Crippen LogP contribution in [0.4, 0.5) is 0 Å². The Morgan fingerprint density at radius 1 is 1.16 bits per heavy atom. The van der Waals surface area contributed by atoms with Gasteiger partial charge in [-0.05, 0) is 57.1 Å². The molecule has 0 radical (unpaired) electrons. The maximum Gasteiger partial charge on any atom is 0.155 e. The topological polar surface area (TPSA) is 41.5 Å². The number of rotatable bonds is 7. The Kier molecular flexibility index (Phi) is 7.85. The first-order valence-electron chi connectivity index (χ1n) is 6.03. The third-order valence-electron chi connectivity index (χ3n) is 2.57. The number of nitrogens with one attached hydrogen (secondary N) is 1. The predicted octanol–water partition coefficient (Wildman–Crippen LogP) is 3.69. The summed E-state index contributed by atoms with van der Waals surface area (Å²) in [4.78, 5) is 15.2. The number of ketones is 1. The van der Waals surface area contributed by atoms with Crippen LogP contribution in [0.25, 0.3) is 0 Å². The van der Waals surface area contributed by atoms with Crippen molar-refractivity contribution in [1.82, 2.24) is 5.32 Å². The van der Waals surface area contributed by atoms with Crippen molar-refractivity contribution in [2.45, 2.75) is 27.7 Å². The van der Waals surface area contributed by atoms with Gasteiger partial charge in [-0.15, -0.1) is 0 Å². The molecule has 0 bridgehead atoms. The highest BCUT2D eigenvalue weighted by Gasteiger charge is 2.01. The normalized spacial score (nSPS) is 14.1. The van der Waals surface area contributed by atoms with E-state index in [1.807, 2.05) is 32.9 Å². The summed E-state index contributed by atoms with van der Waals surface area (Å²) in [6.07, 6.45) is 8.55. The highest BCUT2D eigenvalue weighted by Crippen LogP contribution is 2.09. The van der Waals surface area contributed by atoms with Crippen molar-refractivity contribution in [1.29, 1.82) is 0 Å². The van der Waals surface area contributed by atoms with Crippen LogP contribution in [0.15, 0.2) is 65.1 Å². The molecule has 3 nitrogen and oxygen atoms in total. The lowest BCUT2D eigenvalue weighted by atomic mass is 10.1. The first-order valence-corrected chi connectivity index (χ1v) is 6.03. The molecule has 3 heteroatoms. The fraction of sp³-hybridized carbons (Fsp3) is 0.250. The monoisotopic (exact) mass is 258 g/mol. The molecule has 19 heavy (non-hydrogen) atoms. The van der Waals surface area contributed by atoms with Gasteiger partial charge in [0.1, 0.15) is 0 Å². The van der Waals surface area contributed by atoms with Gasteiger partial charge in [-0.2, -0.15) is 0 Å². The first kappa shape index (κ1) is 16.8. The van der Waals surface area contributed by atoms with Crippen molar-refractivity contribution >= 4 is 12.0 Å². The highest BCUT2D eigenvalue weighted by molar-refractivity contribution is 5.93. The van der Waals surface area contributed by atoms with Crippen LogP contribution < -0.4 is 5.32 Å². The van der Waals surface area contributed by atoms with E-state index in [0.717, 1.165) is 22.5 Å². The summed E-state index contributed by atoms with van der Waals surface area (Å²) in [5, 5.41) is 3.18. The van der Waals surface area contributed by atoms with Crippen LogP contribution in [-0.4, -0.2) is 12.0 Å². The summed E-state index contributed by atoms with van der Waals surface area (Å²) in [5.74, 6) is 0.0718. The molecule has 0 aromatic rings. The standard InChI is InChI=1S/C16H22N2O/c1-7-16(11-12(3)14(5)15(6)19)18-13(4)9-10-17-8-2/h7-11,18H,1-2H2,3-6H3/b13-9+,14-12+,16-11+,17-10?. The summed E-state index contributed by atoms with van der Waals surface area (Å²) in [7, 11) is 0. The lowest BCUT2D eigenvalue weighted by Gasteiger charge is -2.08. The second kappa shape index (κ2) is 8.86. The summed E-state index contributed by atoms with van der Waals surface area (Å²) in [5.41, 5.74) is 3.42. The molecule has 0 rings (SSSR count). The van der Waals surface area contributed by atoms with Crippen molar-refractivity contribution in [3.8, 4) is 0 Å². The number of hydrogen-bond acceptors (Lipinski definition) is 3. The highest BCUT2D eigenvalue weighted by atomic mass is 16.1. The van der Waals surface area contributed by atoms with Crippen LogP contribution >= 0.6 is 0 Å². The lowest BCUT2D eigenvalue weighted by molar-refractivity contribution is -0.113. The minimum absolute atomic E-state index is 0.0718. The lowest BCUT2D eigenvalue weighted by Crippen LogP contribution is -2.09. The van der Waals surface area contributed by atoms with Gasteiger partial charge in [-0.3, -0.25) is 9.79 Å². The van der Waals surface area contributed by atoms with Gasteiger partial charge in [0.15, 0.2) is 5.78 Å². The third-order valence-corrected chi connectivity index (χ3v) is 2.57. The SMILES string of the molecule is C=CN=C/C=C(\C)N/C(C=C)=C/C(C)=C(\C)C(C)=O. The fourth-order valence-corrected chi connectivity index (χ4v) is 1.25. The van der Waals surface area contributed by atoms with Gasteiger partial charge >= 0.3 is 0 Å². The van der Waals surface area contributed by atoms with E-state index in [1.165, 1.54) is 6.20 Å². The molecule has 1 N–H and O–H groups in total. The van der Waals surface area contributed by atoms with Crippen LogP contribution in [0.1, 0.15) is 27.7 Å². The fourth-order valence-electron chi connectivity index (χ4n) is 1.25. The molecule has 0 aromatic heterocycles. The zero-order chi connectivity index (χ0) is 14.8. The van der Waals surface area contributed by atoms with Crippen LogP contribution in [0.3, 0.4) is 0 Å². The molecule has 0 saturated carbocycles. The Labute approximate surface area is 115 Å². The Bertz CT molecular complexity index is 477. The van der Waals surface area contributed by atoms with E-state index >= 15 is 0 Å². The van der Waals surface area contributed by atoms with E-state index in [4.69, 9.17) is 0 Å². The maximum absolute atomic E-state index is 11.3. The van der Waals surface area contributed by atoms with Gasteiger partial charge in [0.25, 0.3) is 0 Å². The smallest absolute Gasteiger partial charge is 0.155 e. The second-order valence-electron chi connectivity index (χ2n) is 4.12. The Morgan fingerprint density at radius 3 is 2.26 bits per heavy atom. The second-order valence-corrected chi connectivity index (χ2v) is 4.12. The van der Waals surface area contributed by atoms with Gasteiger partial charge in [0.05, 0.1) is 0 Å². The van der Waals surface area contributed by atoms with Crippen LogP contribution in [0.2, 0.25) is 0 Å². The molecule has 0 heterocycles. The van der Waals surface area contributed by atoms with Crippen molar-refractivity contribution in [3.63, 3.8) is 0 Å². The van der Waals surface area contributed by atoms with Gasteiger partial charge < -0.3 is 5.32 Å². The molecule has 0 atom stereocenters. The van der Waals surface area contributed by atoms with E-state index in [-0.39, 0.29) is 5.78 Å². The largest absolute Gasteiger partial charge is 0.359 e. The number of carbonyl (C=O) groups excluding carboxylic acids is 1. The molecule has 0 aromatic carbocycles. The molecule has 0 aliphatic rings. The Balaban J connectivity index is 5.04. The quantitative estimate of drug-likeness (QED) is 0.430. The molecule has 0 unspecified atom stereocenters. The van der Waals surface area contributed by atoms with E-state index in [1.54, 1.807) is 19.2 Å². The number of nitrogens with zero attached hydrogens (tertiary/aromatic N) is 1. The van der Waals surface area contributed by atoms with Crippen LogP contribution in [-0.2, 0) is 4.79 Å². The predicted molar refractivity (Wildman–Crippen MR) is 82.9 cm³/mol. The van der Waals surface area contributed by atoms with Crippen molar-refractivity contribution in [2.24, 2.45) is 4.99 Å². The molecular weight excluding hydrogens is 236 g/mol. The molecule has 0 aliphatic carbocycles. The molecule has 102 valence electrons. The summed E-state index contributed by atoms with van der Waals surface area (Å²) >= 11 is 0. The van der Waals surface area contributed by atoms with E-state index in [2.05, 4.69) is 23.5 Å². The molecule has 0 amide bonds. The van der Waals surface area contributed by atoms with Gasteiger partial charge in [0.2, 0.25) is 0 Å². The number of hydrogen-bond donors (Lipinski definition) is 1. The Hall–Kier alpha value is -2.16. The summed E-state index contributed by atoms with van der Waals surface area (Å²) in [6.45, 7) is 14.4. The van der Waals surface area contributed by atoms with E-state index in [0.29, 0.717) is 0 Å². The first-order chi connectivity index (χ1) is 8.92. The van der Waals surface area contributed by atoms with Gasteiger partial charge in [-0.1, -0.05) is 13.2 Å². The van der Waals surface area contributed by atoms with Crippen LogP contribution in [0, 0.1) is 0 Å². The average Bonchev–Trinajstić information content (AvgIpc) is 2.36.